The standard InChI is InChI=1S/C17H17N5O4/c1-21(7-5-12-4-2-3-6-18-12)10-11-8-13(22(25)26)9-14-15(11)20-17(24)16(23)19-14/h2-4,6,8-9H,5,7,10H2,1H3,(H,19,23)(H,20,24). The van der Waals surface area contributed by atoms with Crippen LogP contribution in [0.1, 0.15) is 11.3 Å². The summed E-state index contributed by atoms with van der Waals surface area (Å²) in [5.74, 6) is 0. The van der Waals surface area contributed by atoms with Gasteiger partial charge in [-0.2, -0.15) is 0 Å². The third kappa shape index (κ3) is 3.83. The molecule has 134 valence electrons. The van der Waals surface area contributed by atoms with E-state index < -0.39 is 16.0 Å². The summed E-state index contributed by atoms with van der Waals surface area (Å²) in [6, 6.07) is 8.34. The molecule has 2 heterocycles. The zero-order valence-corrected chi connectivity index (χ0v) is 14.1. The van der Waals surface area contributed by atoms with Crippen LogP contribution in [0.4, 0.5) is 5.69 Å². The first-order valence-electron chi connectivity index (χ1n) is 7.96. The van der Waals surface area contributed by atoms with Crippen LogP contribution in [-0.4, -0.2) is 38.4 Å². The van der Waals surface area contributed by atoms with Crippen LogP contribution in [0.15, 0.2) is 46.1 Å². The van der Waals surface area contributed by atoms with Crippen molar-refractivity contribution in [2.45, 2.75) is 13.0 Å². The second-order valence-electron chi connectivity index (χ2n) is 6.00. The maximum absolute atomic E-state index is 11.6. The molecule has 0 bridgehead atoms. The second-order valence-corrected chi connectivity index (χ2v) is 6.00. The van der Waals surface area contributed by atoms with E-state index in [4.69, 9.17) is 0 Å². The lowest BCUT2D eigenvalue weighted by molar-refractivity contribution is -0.384. The molecule has 1 aromatic carbocycles. The average molecular weight is 355 g/mol. The molecule has 26 heavy (non-hydrogen) atoms. The summed E-state index contributed by atoms with van der Waals surface area (Å²) in [5.41, 5.74) is 0.360. The highest BCUT2D eigenvalue weighted by atomic mass is 16.6. The van der Waals surface area contributed by atoms with Gasteiger partial charge < -0.3 is 14.9 Å². The number of nitrogens with zero attached hydrogens (tertiary/aromatic N) is 3. The van der Waals surface area contributed by atoms with Crippen molar-refractivity contribution in [1.82, 2.24) is 19.9 Å². The predicted octanol–water partition coefficient (Wildman–Crippen LogP) is 1.19. The number of nitro benzene ring substituents is 1. The van der Waals surface area contributed by atoms with E-state index >= 15 is 0 Å². The van der Waals surface area contributed by atoms with Crippen molar-refractivity contribution in [2.24, 2.45) is 0 Å². The zero-order valence-electron chi connectivity index (χ0n) is 14.1. The molecule has 0 saturated carbocycles. The molecule has 0 aliphatic carbocycles. The number of pyridine rings is 1. The smallest absolute Gasteiger partial charge is 0.314 e. The Kier molecular flexibility index (Phi) is 4.90. The number of rotatable bonds is 6. The Morgan fingerprint density at radius 3 is 2.65 bits per heavy atom. The summed E-state index contributed by atoms with van der Waals surface area (Å²) in [5, 5.41) is 11.2. The molecule has 0 radical (unpaired) electrons. The molecule has 0 aliphatic rings. The Bertz CT molecular complexity index is 1060. The topological polar surface area (TPSA) is 125 Å². The Labute approximate surface area is 147 Å². The van der Waals surface area contributed by atoms with Gasteiger partial charge in [-0.15, -0.1) is 0 Å². The SMILES string of the molecule is CN(CCc1ccccn1)Cc1cc([N+](=O)[O-])cc2[nH]c(=O)c(=O)[nH]c12. The van der Waals surface area contributed by atoms with Crippen LogP contribution >= 0.6 is 0 Å². The van der Waals surface area contributed by atoms with Crippen LogP contribution in [-0.2, 0) is 13.0 Å². The minimum Gasteiger partial charge on any atom is -0.316 e. The Morgan fingerprint density at radius 1 is 1.19 bits per heavy atom. The molecule has 0 atom stereocenters. The lowest BCUT2D eigenvalue weighted by Crippen LogP contribution is -2.30. The number of hydrogen-bond donors (Lipinski definition) is 2. The number of benzene rings is 1. The number of fused-ring (bicyclic) bond motifs is 1. The molecule has 3 rings (SSSR count). The lowest BCUT2D eigenvalue weighted by atomic mass is 10.1. The van der Waals surface area contributed by atoms with E-state index in [-0.39, 0.29) is 11.2 Å². The summed E-state index contributed by atoms with van der Waals surface area (Å²) in [6.07, 6.45) is 2.45. The Morgan fingerprint density at radius 2 is 1.96 bits per heavy atom. The number of hydrogen-bond acceptors (Lipinski definition) is 6. The summed E-state index contributed by atoms with van der Waals surface area (Å²) in [7, 11) is 1.87. The average Bonchev–Trinajstić information content (AvgIpc) is 2.62. The zero-order chi connectivity index (χ0) is 18.7. The van der Waals surface area contributed by atoms with Crippen molar-refractivity contribution in [2.75, 3.05) is 13.6 Å². The van der Waals surface area contributed by atoms with Crippen LogP contribution in [0.3, 0.4) is 0 Å². The molecule has 0 aliphatic heterocycles. The molecule has 0 saturated heterocycles. The molecule has 0 spiro atoms. The van der Waals surface area contributed by atoms with E-state index in [1.165, 1.54) is 12.1 Å². The van der Waals surface area contributed by atoms with Gasteiger partial charge in [0, 0.05) is 43.5 Å². The number of aromatic amines is 2. The summed E-state index contributed by atoms with van der Waals surface area (Å²) in [4.78, 5) is 44.9. The van der Waals surface area contributed by atoms with Crippen molar-refractivity contribution in [3.05, 3.63) is 78.6 Å². The molecule has 0 fully saturated rings. The molecule has 2 N–H and O–H groups in total. The van der Waals surface area contributed by atoms with Crippen molar-refractivity contribution in [3.8, 4) is 0 Å². The lowest BCUT2D eigenvalue weighted by Gasteiger charge is -2.17. The predicted molar refractivity (Wildman–Crippen MR) is 96.1 cm³/mol. The Hall–Kier alpha value is -3.33. The molecule has 9 heteroatoms. The quantitative estimate of drug-likeness (QED) is 0.389. The maximum atomic E-state index is 11.6. The number of nitro groups is 1. The first-order valence-corrected chi connectivity index (χ1v) is 7.96. The highest BCUT2D eigenvalue weighted by Crippen LogP contribution is 2.22. The summed E-state index contributed by atoms with van der Waals surface area (Å²) >= 11 is 0. The van der Waals surface area contributed by atoms with E-state index in [1.54, 1.807) is 6.20 Å². The largest absolute Gasteiger partial charge is 0.316 e. The van der Waals surface area contributed by atoms with Gasteiger partial charge in [-0.1, -0.05) is 6.07 Å². The van der Waals surface area contributed by atoms with Gasteiger partial charge >= 0.3 is 11.1 Å². The molecule has 0 amide bonds. The van der Waals surface area contributed by atoms with Gasteiger partial charge in [0.2, 0.25) is 0 Å². The number of aromatic nitrogens is 3. The monoisotopic (exact) mass is 355 g/mol. The van der Waals surface area contributed by atoms with Gasteiger partial charge in [-0.25, -0.2) is 0 Å². The fraction of sp³-hybridized carbons (Fsp3) is 0.235. The third-order valence-electron chi connectivity index (χ3n) is 4.02. The third-order valence-corrected chi connectivity index (χ3v) is 4.02. The minimum atomic E-state index is -0.840. The first-order chi connectivity index (χ1) is 12.4. The van der Waals surface area contributed by atoms with Crippen LogP contribution < -0.4 is 11.1 Å². The van der Waals surface area contributed by atoms with E-state index in [0.29, 0.717) is 24.2 Å². The van der Waals surface area contributed by atoms with Crippen LogP contribution in [0.25, 0.3) is 11.0 Å². The normalized spacial score (nSPS) is 11.2. The van der Waals surface area contributed by atoms with Gasteiger partial charge in [0.15, 0.2) is 0 Å². The van der Waals surface area contributed by atoms with Crippen molar-refractivity contribution < 1.29 is 4.92 Å². The molecular weight excluding hydrogens is 338 g/mol. The Balaban J connectivity index is 1.90. The van der Waals surface area contributed by atoms with Gasteiger partial charge in [0.05, 0.1) is 16.0 Å². The van der Waals surface area contributed by atoms with Crippen molar-refractivity contribution in [3.63, 3.8) is 0 Å². The van der Waals surface area contributed by atoms with Gasteiger partial charge in [-0.05, 0) is 24.7 Å². The molecule has 3 aromatic rings. The number of H-pyrrole nitrogens is 2. The van der Waals surface area contributed by atoms with E-state index in [1.807, 2.05) is 30.1 Å². The highest BCUT2D eigenvalue weighted by Gasteiger charge is 2.15. The van der Waals surface area contributed by atoms with Gasteiger partial charge in [0.1, 0.15) is 0 Å². The van der Waals surface area contributed by atoms with E-state index in [0.717, 1.165) is 12.1 Å². The van der Waals surface area contributed by atoms with Crippen LogP contribution in [0, 0.1) is 10.1 Å². The molecular formula is C17H17N5O4. The van der Waals surface area contributed by atoms with Crippen LogP contribution in [0.5, 0.6) is 0 Å². The minimum absolute atomic E-state index is 0.145. The summed E-state index contributed by atoms with van der Waals surface area (Å²) in [6.45, 7) is 1.04. The molecule has 0 unspecified atom stereocenters. The molecule has 2 aromatic heterocycles. The highest BCUT2D eigenvalue weighted by molar-refractivity contribution is 5.80. The number of nitrogens with one attached hydrogen (secondary N) is 2. The van der Waals surface area contributed by atoms with Crippen LogP contribution in [0.2, 0.25) is 0 Å². The van der Waals surface area contributed by atoms with Gasteiger partial charge in [-0.3, -0.25) is 24.7 Å². The van der Waals surface area contributed by atoms with Crippen molar-refractivity contribution >= 4 is 16.7 Å². The fourth-order valence-corrected chi connectivity index (χ4v) is 2.73. The maximum Gasteiger partial charge on any atom is 0.314 e. The fourth-order valence-electron chi connectivity index (χ4n) is 2.73. The van der Waals surface area contributed by atoms with Crippen molar-refractivity contribution in [1.29, 1.82) is 0 Å². The number of likely N-dealkylation sites (N-methyl/N-ethyl adjacent to an activating group) is 1. The van der Waals surface area contributed by atoms with E-state index in [9.17, 15) is 19.7 Å². The van der Waals surface area contributed by atoms with E-state index in [2.05, 4.69) is 15.0 Å². The van der Waals surface area contributed by atoms with Gasteiger partial charge in [0.25, 0.3) is 5.69 Å². The summed E-state index contributed by atoms with van der Waals surface area (Å²) < 4.78 is 0. The molecule has 9 nitrogen and oxygen atoms in total. The second kappa shape index (κ2) is 7.28. The number of non-ortho nitro benzene ring substituents is 1. The first kappa shape index (κ1) is 17.5.